The average Bonchev–Trinajstić information content (AvgIpc) is 2.34. The van der Waals surface area contributed by atoms with E-state index in [-0.39, 0.29) is 17.2 Å². The molecule has 18 heavy (non-hydrogen) atoms. The summed E-state index contributed by atoms with van der Waals surface area (Å²) in [6, 6.07) is 4.68. The van der Waals surface area contributed by atoms with Gasteiger partial charge in [-0.3, -0.25) is 14.9 Å². The maximum absolute atomic E-state index is 11.9. The van der Waals surface area contributed by atoms with Crippen molar-refractivity contribution in [1.82, 2.24) is 5.32 Å². The molecule has 1 amide bonds. The van der Waals surface area contributed by atoms with Gasteiger partial charge in [-0.25, -0.2) is 0 Å². The van der Waals surface area contributed by atoms with Gasteiger partial charge in [-0.1, -0.05) is 19.1 Å². The largest absolute Gasteiger partial charge is 0.352 e. The van der Waals surface area contributed by atoms with E-state index in [0.717, 1.165) is 0 Å². The first-order chi connectivity index (χ1) is 8.47. The van der Waals surface area contributed by atoms with Crippen LogP contribution in [0.2, 0.25) is 0 Å². The van der Waals surface area contributed by atoms with Crippen LogP contribution in [0, 0.1) is 23.0 Å². The number of alkyl halides is 1. The van der Waals surface area contributed by atoms with Crippen molar-refractivity contribution >= 4 is 23.2 Å². The lowest BCUT2D eigenvalue weighted by Gasteiger charge is -2.10. The standard InChI is InChI=1S/C12H15ClN2O3/c1-8(6-13)7-14-12(16)10-5-3-4-9(2)11(10)15(17)18/h3-5,8H,6-7H2,1-2H3,(H,14,16). The van der Waals surface area contributed by atoms with E-state index in [1.54, 1.807) is 19.1 Å². The number of halogens is 1. The van der Waals surface area contributed by atoms with Crippen LogP contribution in [-0.2, 0) is 0 Å². The summed E-state index contributed by atoms with van der Waals surface area (Å²) in [7, 11) is 0. The Bertz CT molecular complexity index is 463. The third-order valence-electron chi connectivity index (χ3n) is 2.54. The monoisotopic (exact) mass is 270 g/mol. The van der Waals surface area contributed by atoms with Crippen molar-refractivity contribution in [3.8, 4) is 0 Å². The first-order valence-corrected chi connectivity index (χ1v) is 6.09. The molecule has 1 aromatic carbocycles. The molecule has 0 aromatic heterocycles. The minimum Gasteiger partial charge on any atom is -0.352 e. The van der Waals surface area contributed by atoms with Crippen LogP contribution < -0.4 is 5.32 Å². The number of hydrogen-bond donors (Lipinski definition) is 1. The zero-order valence-electron chi connectivity index (χ0n) is 10.3. The molecular weight excluding hydrogens is 256 g/mol. The Morgan fingerprint density at radius 2 is 2.22 bits per heavy atom. The summed E-state index contributed by atoms with van der Waals surface area (Å²) >= 11 is 5.63. The Kier molecular flexibility index (Phi) is 5.09. The summed E-state index contributed by atoms with van der Waals surface area (Å²) < 4.78 is 0. The van der Waals surface area contributed by atoms with Crippen LogP contribution in [0.15, 0.2) is 18.2 Å². The Labute approximate surface area is 110 Å². The molecule has 6 heteroatoms. The van der Waals surface area contributed by atoms with Gasteiger partial charge in [0.1, 0.15) is 5.56 Å². The van der Waals surface area contributed by atoms with Gasteiger partial charge in [0.05, 0.1) is 4.92 Å². The third-order valence-corrected chi connectivity index (χ3v) is 3.07. The fraction of sp³-hybridized carbons (Fsp3) is 0.417. The Morgan fingerprint density at radius 1 is 1.56 bits per heavy atom. The van der Waals surface area contributed by atoms with Gasteiger partial charge in [-0.05, 0) is 18.9 Å². The molecule has 1 aromatic rings. The van der Waals surface area contributed by atoms with E-state index in [9.17, 15) is 14.9 Å². The van der Waals surface area contributed by atoms with E-state index in [4.69, 9.17) is 11.6 Å². The number of amides is 1. The molecule has 0 saturated carbocycles. The fourth-order valence-electron chi connectivity index (χ4n) is 1.50. The van der Waals surface area contributed by atoms with Gasteiger partial charge >= 0.3 is 0 Å². The second-order valence-electron chi connectivity index (χ2n) is 4.20. The molecule has 0 aliphatic carbocycles. The zero-order chi connectivity index (χ0) is 13.7. The van der Waals surface area contributed by atoms with E-state index in [2.05, 4.69) is 5.32 Å². The number of benzene rings is 1. The first kappa shape index (κ1) is 14.4. The van der Waals surface area contributed by atoms with Crippen molar-refractivity contribution in [2.75, 3.05) is 12.4 Å². The number of aryl methyl sites for hydroxylation is 1. The van der Waals surface area contributed by atoms with Crippen molar-refractivity contribution in [1.29, 1.82) is 0 Å². The molecule has 1 N–H and O–H groups in total. The van der Waals surface area contributed by atoms with Gasteiger partial charge in [0, 0.05) is 18.0 Å². The van der Waals surface area contributed by atoms with Gasteiger partial charge in [-0.2, -0.15) is 0 Å². The molecule has 1 rings (SSSR count). The maximum Gasteiger partial charge on any atom is 0.285 e. The molecule has 0 spiro atoms. The number of hydrogen-bond acceptors (Lipinski definition) is 3. The van der Waals surface area contributed by atoms with Crippen molar-refractivity contribution in [2.45, 2.75) is 13.8 Å². The van der Waals surface area contributed by atoms with Gasteiger partial charge < -0.3 is 5.32 Å². The smallest absolute Gasteiger partial charge is 0.285 e. The molecule has 0 aliphatic heterocycles. The predicted molar refractivity (Wildman–Crippen MR) is 70.1 cm³/mol. The van der Waals surface area contributed by atoms with E-state index in [1.165, 1.54) is 6.07 Å². The highest BCUT2D eigenvalue weighted by Crippen LogP contribution is 2.22. The highest BCUT2D eigenvalue weighted by Gasteiger charge is 2.22. The highest BCUT2D eigenvalue weighted by molar-refractivity contribution is 6.18. The number of nitrogens with one attached hydrogen (secondary N) is 1. The van der Waals surface area contributed by atoms with Crippen LogP contribution in [-0.4, -0.2) is 23.3 Å². The first-order valence-electron chi connectivity index (χ1n) is 5.55. The SMILES string of the molecule is Cc1cccc(C(=O)NCC(C)CCl)c1[N+](=O)[O-]. The summed E-state index contributed by atoms with van der Waals surface area (Å²) in [5.41, 5.74) is 0.411. The molecule has 0 aliphatic rings. The number of nitro benzene ring substituents is 1. The Morgan fingerprint density at radius 3 is 2.78 bits per heavy atom. The molecule has 1 atom stereocenters. The number of para-hydroxylation sites is 1. The second-order valence-corrected chi connectivity index (χ2v) is 4.51. The minimum absolute atomic E-state index is 0.0850. The lowest BCUT2D eigenvalue weighted by atomic mass is 10.1. The summed E-state index contributed by atoms with van der Waals surface area (Å²) in [4.78, 5) is 22.3. The van der Waals surface area contributed by atoms with Gasteiger partial charge in [0.2, 0.25) is 0 Å². The average molecular weight is 271 g/mol. The predicted octanol–water partition coefficient (Wildman–Crippen LogP) is 2.51. The topological polar surface area (TPSA) is 72.2 Å². The molecule has 0 radical (unpaired) electrons. The third kappa shape index (κ3) is 3.43. The fourth-order valence-corrected chi connectivity index (χ4v) is 1.61. The summed E-state index contributed by atoms with van der Waals surface area (Å²) in [5, 5.41) is 13.6. The molecule has 0 bridgehead atoms. The number of nitrogens with zero attached hydrogens (tertiary/aromatic N) is 1. The number of rotatable bonds is 5. The van der Waals surface area contributed by atoms with Crippen molar-refractivity contribution in [3.63, 3.8) is 0 Å². The summed E-state index contributed by atoms with van der Waals surface area (Å²) in [5.74, 6) is 0.109. The zero-order valence-corrected chi connectivity index (χ0v) is 11.0. The van der Waals surface area contributed by atoms with E-state index >= 15 is 0 Å². The molecule has 1 unspecified atom stereocenters. The maximum atomic E-state index is 11.9. The number of nitro groups is 1. The molecular formula is C12H15ClN2O3. The molecule has 0 saturated heterocycles. The van der Waals surface area contributed by atoms with Crippen molar-refractivity contribution < 1.29 is 9.72 Å². The lowest BCUT2D eigenvalue weighted by Crippen LogP contribution is -2.29. The summed E-state index contributed by atoms with van der Waals surface area (Å²) in [6.45, 7) is 3.89. The Balaban J connectivity index is 2.92. The normalized spacial score (nSPS) is 11.9. The van der Waals surface area contributed by atoms with Crippen molar-refractivity contribution in [2.24, 2.45) is 5.92 Å². The van der Waals surface area contributed by atoms with Crippen LogP contribution >= 0.6 is 11.6 Å². The van der Waals surface area contributed by atoms with Gasteiger partial charge in [-0.15, -0.1) is 11.6 Å². The van der Waals surface area contributed by atoms with E-state index in [0.29, 0.717) is 18.0 Å². The number of carbonyl (C=O) groups excluding carboxylic acids is 1. The van der Waals surface area contributed by atoms with Gasteiger partial charge in [0.25, 0.3) is 11.6 Å². The summed E-state index contributed by atoms with van der Waals surface area (Å²) in [6.07, 6.45) is 0. The molecule has 0 fully saturated rings. The minimum atomic E-state index is -0.533. The van der Waals surface area contributed by atoms with Crippen LogP contribution in [0.4, 0.5) is 5.69 Å². The Hall–Kier alpha value is -1.62. The molecule has 0 heterocycles. The van der Waals surface area contributed by atoms with Gasteiger partial charge in [0.15, 0.2) is 0 Å². The van der Waals surface area contributed by atoms with Crippen LogP contribution in [0.25, 0.3) is 0 Å². The molecule has 98 valence electrons. The number of carbonyl (C=O) groups is 1. The second kappa shape index (κ2) is 6.35. The quantitative estimate of drug-likeness (QED) is 0.508. The highest BCUT2D eigenvalue weighted by atomic mass is 35.5. The van der Waals surface area contributed by atoms with Crippen LogP contribution in [0.3, 0.4) is 0 Å². The van der Waals surface area contributed by atoms with Crippen molar-refractivity contribution in [3.05, 3.63) is 39.4 Å². The lowest BCUT2D eigenvalue weighted by molar-refractivity contribution is -0.385. The molecule has 5 nitrogen and oxygen atoms in total. The van der Waals surface area contributed by atoms with E-state index < -0.39 is 10.8 Å². The van der Waals surface area contributed by atoms with Crippen LogP contribution in [0.1, 0.15) is 22.8 Å². The van der Waals surface area contributed by atoms with E-state index in [1.807, 2.05) is 6.92 Å². The van der Waals surface area contributed by atoms with Crippen LogP contribution in [0.5, 0.6) is 0 Å².